The lowest BCUT2D eigenvalue weighted by Crippen LogP contribution is -2.46. The Kier molecular flexibility index (Phi) is 5.93. The fraction of sp³-hybridized carbons (Fsp3) is 0.300. The molecule has 0 aliphatic carbocycles. The highest BCUT2D eigenvalue weighted by molar-refractivity contribution is 5.97. The molecule has 0 radical (unpaired) electrons. The number of hydrogen-bond acceptors (Lipinski definition) is 2. The maximum Gasteiger partial charge on any atom is 0.257 e. The zero-order valence-electron chi connectivity index (χ0n) is 15.3. The molecule has 2 aromatic carbocycles. The molecular weight excluding hydrogens is 357 g/mol. The predicted octanol–water partition coefficient (Wildman–Crippen LogP) is 3.23. The summed E-state index contributed by atoms with van der Waals surface area (Å²) in [4.78, 5) is 23.8. The summed E-state index contributed by atoms with van der Waals surface area (Å²) >= 11 is 0. The third-order valence-corrected chi connectivity index (χ3v) is 4.14. The highest BCUT2D eigenvalue weighted by Gasteiger charge is 2.24. The topological polar surface area (TPSA) is 72.2 Å². The van der Waals surface area contributed by atoms with E-state index in [-0.39, 0.29) is 11.8 Å². The molecule has 27 heavy (non-hydrogen) atoms. The van der Waals surface area contributed by atoms with E-state index in [1.165, 1.54) is 0 Å². The molecule has 0 aliphatic heterocycles. The average Bonchev–Trinajstić information content (AvgIpc) is 2.52. The first-order valence-corrected chi connectivity index (χ1v) is 8.33. The van der Waals surface area contributed by atoms with Gasteiger partial charge < -0.3 is 11.1 Å². The molecule has 2 amide bonds. The Morgan fingerprint density at radius 2 is 1.56 bits per heavy atom. The molecule has 3 N–H and O–H groups in total. The first-order chi connectivity index (χ1) is 12.5. The molecule has 0 saturated carbocycles. The zero-order valence-corrected chi connectivity index (χ0v) is 15.3. The standard InChI is InChI=1S/C20H21F3N2O2/c1-20(2,3)12-6-4-11(5-7-12)8-16(18(24)26)25-19(27)17-14(22)9-13(21)10-15(17)23/h4-7,9-10,16H,8H2,1-3H3,(H2,24,26)(H,25,27)/t16-/m1/s1. The molecular formula is C20H21F3N2O2. The fourth-order valence-electron chi connectivity index (χ4n) is 2.59. The van der Waals surface area contributed by atoms with Crippen molar-refractivity contribution in [2.45, 2.75) is 38.6 Å². The second-order valence-corrected chi connectivity index (χ2v) is 7.32. The Morgan fingerprint density at radius 3 is 2.00 bits per heavy atom. The molecule has 2 rings (SSSR count). The van der Waals surface area contributed by atoms with Gasteiger partial charge in [0.25, 0.3) is 5.91 Å². The van der Waals surface area contributed by atoms with E-state index >= 15 is 0 Å². The van der Waals surface area contributed by atoms with Crippen LogP contribution in [-0.4, -0.2) is 17.9 Å². The molecule has 1 atom stereocenters. The first kappa shape index (κ1) is 20.5. The summed E-state index contributed by atoms with van der Waals surface area (Å²) in [7, 11) is 0. The molecule has 2 aromatic rings. The van der Waals surface area contributed by atoms with Crippen molar-refractivity contribution in [1.29, 1.82) is 0 Å². The summed E-state index contributed by atoms with van der Waals surface area (Å²) in [5.74, 6) is -5.90. The van der Waals surface area contributed by atoms with Crippen molar-refractivity contribution in [3.8, 4) is 0 Å². The smallest absolute Gasteiger partial charge is 0.257 e. The molecule has 0 saturated heterocycles. The molecule has 4 nitrogen and oxygen atoms in total. The lowest BCUT2D eigenvalue weighted by molar-refractivity contribution is -0.119. The van der Waals surface area contributed by atoms with Gasteiger partial charge in [0.2, 0.25) is 5.91 Å². The third-order valence-electron chi connectivity index (χ3n) is 4.14. The van der Waals surface area contributed by atoms with E-state index in [1.807, 2.05) is 12.1 Å². The maximum absolute atomic E-state index is 13.7. The molecule has 0 aliphatic rings. The van der Waals surface area contributed by atoms with Crippen LogP contribution in [0.5, 0.6) is 0 Å². The van der Waals surface area contributed by atoms with E-state index in [2.05, 4.69) is 26.1 Å². The van der Waals surface area contributed by atoms with Crippen LogP contribution in [-0.2, 0) is 16.6 Å². The number of halogens is 3. The van der Waals surface area contributed by atoms with Crippen molar-refractivity contribution in [1.82, 2.24) is 5.32 Å². The number of primary amides is 1. The molecule has 7 heteroatoms. The second kappa shape index (κ2) is 7.82. The average molecular weight is 378 g/mol. The Hall–Kier alpha value is -2.83. The summed E-state index contributed by atoms with van der Waals surface area (Å²) in [5.41, 5.74) is 6.09. The van der Waals surface area contributed by atoms with Gasteiger partial charge in [-0.1, -0.05) is 45.0 Å². The number of nitrogens with two attached hydrogens (primary N) is 1. The minimum atomic E-state index is -1.36. The van der Waals surface area contributed by atoms with E-state index in [0.717, 1.165) is 5.56 Å². The molecule has 144 valence electrons. The number of amides is 2. The first-order valence-electron chi connectivity index (χ1n) is 8.33. The third kappa shape index (κ3) is 5.09. The Balaban J connectivity index is 2.19. The normalized spacial score (nSPS) is 12.5. The van der Waals surface area contributed by atoms with Gasteiger partial charge in [-0.15, -0.1) is 0 Å². The number of hydrogen-bond donors (Lipinski definition) is 2. The molecule has 0 heterocycles. The Morgan fingerprint density at radius 1 is 1.04 bits per heavy atom. The Bertz CT molecular complexity index is 836. The number of carbonyl (C=O) groups excluding carboxylic acids is 2. The number of rotatable bonds is 5. The van der Waals surface area contributed by atoms with Crippen LogP contribution in [0.2, 0.25) is 0 Å². The maximum atomic E-state index is 13.7. The van der Waals surface area contributed by atoms with E-state index in [4.69, 9.17) is 5.73 Å². The zero-order chi connectivity index (χ0) is 20.4. The van der Waals surface area contributed by atoms with Gasteiger partial charge in [-0.3, -0.25) is 9.59 Å². The van der Waals surface area contributed by atoms with Crippen molar-refractivity contribution >= 4 is 11.8 Å². The highest BCUT2D eigenvalue weighted by atomic mass is 19.1. The van der Waals surface area contributed by atoms with Gasteiger partial charge in [-0.2, -0.15) is 0 Å². The predicted molar refractivity (Wildman–Crippen MR) is 95.6 cm³/mol. The number of benzene rings is 2. The number of nitrogens with one attached hydrogen (secondary N) is 1. The summed E-state index contributed by atoms with van der Waals surface area (Å²) in [6.07, 6.45) is 0.0515. The van der Waals surface area contributed by atoms with Crippen LogP contribution in [0.4, 0.5) is 13.2 Å². The van der Waals surface area contributed by atoms with Crippen LogP contribution < -0.4 is 11.1 Å². The van der Waals surface area contributed by atoms with Crippen molar-refractivity contribution in [3.05, 3.63) is 70.5 Å². The minimum absolute atomic E-state index is 0.0481. The van der Waals surface area contributed by atoms with Crippen molar-refractivity contribution in [2.75, 3.05) is 0 Å². The van der Waals surface area contributed by atoms with Gasteiger partial charge in [0.05, 0.1) is 0 Å². The van der Waals surface area contributed by atoms with Crippen LogP contribution in [0.25, 0.3) is 0 Å². The fourth-order valence-corrected chi connectivity index (χ4v) is 2.59. The number of carbonyl (C=O) groups is 2. The van der Waals surface area contributed by atoms with Gasteiger partial charge in [-0.25, -0.2) is 13.2 Å². The van der Waals surface area contributed by atoms with Crippen molar-refractivity contribution in [2.24, 2.45) is 5.73 Å². The summed E-state index contributed by atoms with van der Waals surface area (Å²) in [5, 5.41) is 2.21. The largest absolute Gasteiger partial charge is 0.368 e. The van der Waals surface area contributed by atoms with Crippen LogP contribution in [0.15, 0.2) is 36.4 Å². The summed E-state index contributed by atoms with van der Waals surface area (Å²) in [6.45, 7) is 6.17. The van der Waals surface area contributed by atoms with Gasteiger partial charge in [0, 0.05) is 18.6 Å². The SMILES string of the molecule is CC(C)(C)c1ccc(C[C@@H](NC(=O)c2c(F)cc(F)cc2F)C(N)=O)cc1. The van der Waals surface area contributed by atoms with Crippen molar-refractivity contribution in [3.63, 3.8) is 0 Å². The second-order valence-electron chi connectivity index (χ2n) is 7.32. The minimum Gasteiger partial charge on any atom is -0.368 e. The van der Waals surface area contributed by atoms with Gasteiger partial charge >= 0.3 is 0 Å². The van der Waals surface area contributed by atoms with Gasteiger partial charge in [-0.05, 0) is 16.5 Å². The van der Waals surface area contributed by atoms with Gasteiger partial charge in [0.1, 0.15) is 29.1 Å². The summed E-state index contributed by atoms with van der Waals surface area (Å²) in [6, 6.07) is 6.99. The van der Waals surface area contributed by atoms with Crippen LogP contribution in [0.3, 0.4) is 0 Å². The molecule has 0 spiro atoms. The van der Waals surface area contributed by atoms with Crippen molar-refractivity contribution < 1.29 is 22.8 Å². The van der Waals surface area contributed by atoms with E-state index in [1.54, 1.807) is 12.1 Å². The highest BCUT2D eigenvalue weighted by Crippen LogP contribution is 2.22. The van der Waals surface area contributed by atoms with Crippen LogP contribution >= 0.6 is 0 Å². The lowest BCUT2D eigenvalue weighted by atomic mass is 9.86. The molecule has 0 bridgehead atoms. The molecule has 0 aromatic heterocycles. The van der Waals surface area contributed by atoms with Crippen LogP contribution in [0.1, 0.15) is 42.3 Å². The quantitative estimate of drug-likeness (QED) is 0.839. The molecule has 0 unspecified atom stereocenters. The summed E-state index contributed by atoms with van der Waals surface area (Å²) < 4.78 is 40.5. The monoisotopic (exact) mass is 378 g/mol. The molecule has 0 fully saturated rings. The lowest BCUT2D eigenvalue weighted by Gasteiger charge is -2.20. The van der Waals surface area contributed by atoms with E-state index < -0.39 is 40.9 Å². The Labute approximate surface area is 155 Å². The van der Waals surface area contributed by atoms with E-state index in [0.29, 0.717) is 17.7 Å². The van der Waals surface area contributed by atoms with Gasteiger partial charge in [0.15, 0.2) is 0 Å². The van der Waals surface area contributed by atoms with E-state index in [9.17, 15) is 22.8 Å². The van der Waals surface area contributed by atoms with Crippen LogP contribution in [0, 0.1) is 17.5 Å².